The fraction of sp³-hybridized carbons (Fsp3) is 0.167. The number of hydrogen-bond acceptors (Lipinski definition) is 4. The van der Waals surface area contributed by atoms with E-state index in [1.165, 1.54) is 13.2 Å². The van der Waals surface area contributed by atoms with Crippen molar-refractivity contribution in [1.82, 2.24) is 0 Å². The average molecular weight is 219 g/mol. The van der Waals surface area contributed by atoms with E-state index in [0.717, 1.165) is 5.56 Å². The van der Waals surface area contributed by atoms with Crippen molar-refractivity contribution in [3.8, 4) is 0 Å². The summed E-state index contributed by atoms with van der Waals surface area (Å²) in [5.74, 6) is -1.97. The minimum absolute atomic E-state index is 0.0636. The fourth-order valence-corrected chi connectivity index (χ4v) is 1.22. The molecular weight excluding hydrogens is 208 g/mol. The zero-order valence-corrected chi connectivity index (χ0v) is 8.80. The highest BCUT2D eigenvalue weighted by atomic mass is 16.5. The Kier molecular flexibility index (Phi) is 4.27. The maximum atomic E-state index is 11.3. The number of methoxy groups -OCH3 is 1. The summed E-state index contributed by atoms with van der Waals surface area (Å²) in [5.41, 5.74) is 0.804. The Balaban J connectivity index is 2.96. The first kappa shape index (κ1) is 12.0. The van der Waals surface area contributed by atoms with Crippen molar-refractivity contribution in [1.29, 1.82) is 0 Å². The lowest BCUT2D eigenvalue weighted by atomic mass is 10.1. The maximum Gasteiger partial charge on any atom is 0.334 e. The molecular formula is C12H11O4-. The number of carbonyl (C=O) groups excluding carboxylic acids is 2. The zero-order chi connectivity index (χ0) is 12.0. The van der Waals surface area contributed by atoms with Gasteiger partial charge in [-0.15, -0.1) is 0 Å². The number of esters is 1. The van der Waals surface area contributed by atoms with Crippen LogP contribution in [0.4, 0.5) is 0 Å². The number of rotatable bonds is 4. The van der Waals surface area contributed by atoms with Crippen molar-refractivity contribution in [3.63, 3.8) is 0 Å². The van der Waals surface area contributed by atoms with E-state index in [0.29, 0.717) is 0 Å². The molecule has 0 amide bonds. The molecule has 0 aliphatic rings. The van der Waals surface area contributed by atoms with Crippen LogP contribution in [0.25, 0.3) is 6.08 Å². The first-order chi connectivity index (χ1) is 7.63. The summed E-state index contributed by atoms with van der Waals surface area (Å²) < 4.78 is 4.49. The van der Waals surface area contributed by atoms with Gasteiger partial charge in [0.1, 0.15) is 0 Å². The molecule has 0 spiro atoms. The molecule has 0 atom stereocenters. The first-order valence-electron chi connectivity index (χ1n) is 4.67. The van der Waals surface area contributed by atoms with E-state index in [1.54, 1.807) is 24.3 Å². The third-order valence-electron chi connectivity index (χ3n) is 1.92. The summed E-state index contributed by atoms with van der Waals surface area (Å²) in [7, 11) is 1.20. The van der Waals surface area contributed by atoms with Gasteiger partial charge in [0, 0.05) is 18.0 Å². The van der Waals surface area contributed by atoms with Crippen molar-refractivity contribution in [2.24, 2.45) is 0 Å². The number of carbonyl (C=O) groups is 2. The Morgan fingerprint density at radius 1 is 1.31 bits per heavy atom. The Hall–Kier alpha value is -2.10. The summed E-state index contributed by atoms with van der Waals surface area (Å²) in [6, 6.07) is 8.93. The summed E-state index contributed by atoms with van der Waals surface area (Å²) in [5, 5.41) is 10.5. The lowest BCUT2D eigenvalue weighted by molar-refractivity contribution is -0.304. The second kappa shape index (κ2) is 5.70. The molecule has 0 aromatic heterocycles. The Labute approximate surface area is 93.2 Å². The topological polar surface area (TPSA) is 66.4 Å². The molecule has 0 aliphatic heterocycles. The lowest BCUT2D eigenvalue weighted by Gasteiger charge is -2.06. The smallest absolute Gasteiger partial charge is 0.334 e. The predicted octanol–water partition coefficient (Wildman–Crippen LogP) is 0.383. The van der Waals surface area contributed by atoms with Gasteiger partial charge in [-0.1, -0.05) is 30.3 Å². The van der Waals surface area contributed by atoms with Crippen molar-refractivity contribution in [2.45, 2.75) is 6.42 Å². The standard InChI is InChI=1S/C12H12O4/c1-16-12(15)10(8-11(13)14)7-9-5-3-2-4-6-9/h2-7H,8H2,1H3,(H,13,14)/p-1. The van der Waals surface area contributed by atoms with Crippen LogP contribution in [0.5, 0.6) is 0 Å². The molecule has 4 nitrogen and oxygen atoms in total. The molecule has 0 fully saturated rings. The van der Waals surface area contributed by atoms with E-state index in [1.807, 2.05) is 6.07 Å². The highest BCUT2D eigenvalue weighted by molar-refractivity contribution is 5.97. The highest BCUT2D eigenvalue weighted by Crippen LogP contribution is 2.10. The molecule has 1 aromatic rings. The normalized spacial score (nSPS) is 10.9. The molecule has 0 radical (unpaired) electrons. The highest BCUT2D eigenvalue weighted by Gasteiger charge is 2.09. The average Bonchev–Trinajstić information content (AvgIpc) is 2.28. The molecule has 0 bridgehead atoms. The molecule has 4 heteroatoms. The number of aliphatic carboxylic acids is 1. The van der Waals surface area contributed by atoms with Gasteiger partial charge in [0.2, 0.25) is 0 Å². The van der Waals surface area contributed by atoms with Gasteiger partial charge in [0.15, 0.2) is 0 Å². The van der Waals surface area contributed by atoms with Crippen LogP contribution in [-0.2, 0) is 14.3 Å². The van der Waals surface area contributed by atoms with Crippen molar-refractivity contribution in [2.75, 3.05) is 7.11 Å². The van der Waals surface area contributed by atoms with Crippen LogP contribution in [0, 0.1) is 0 Å². The van der Waals surface area contributed by atoms with E-state index in [-0.39, 0.29) is 5.57 Å². The zero-order valence-electron chi connectivity index (χ0n) is 8.80. The first-order valence-corrected chi connectivity index (χ1v) is 4.67. The predicted molar refractivity (Wildman–Crippen MR) is 56.1 cm³/mol. The fourth-order valence-electron chi connectivity index (χ4n) is 1.22. The third-order valence-corrected chi connectivity index (χ3v) is 1.92. The molecule has 1 rings (SSSR count). The second-order valence-electron chi connectivity index (χ2n) is 3.12. The van der Waals surface area contributed by atoms with Crippen LogP contribution in [-0.4, -0.2) is 19.0 Å². The molecule has 84 valence electrons. The number of benzene rings is 1. The van der Waals surface area contributed by atoms with E-state index in [9.17, 15) is 14.7 Å². The number of hydrogen-bond donors (Lipinski definition) is 0. The van der Waals surface area contributed by atoms with Crippen LogP contribution in [0.2, 0.25) is 0 Å². The van der Waals surface area contributed by atoms with Crippen LogP contribution < -0.4 is 5.11 Å². The molecule has 16 heavy (non-hydrogen) atoms. The van der Waals surface area contributed by atoms with Gasteiger partial charge < -0.3 is 14.6 Å². The summed E-state index contributed by atoms with van der Waals surface area (Å²) in [6.45, 7) is 0. The molecule has 0 heterocycles. The van der Waals surface area contributed by atoms with Gasteiger partial charge in [-0.05, 0) is 11.6 Å². The van der Waals surface area contributed by atoms with Gasteiger partial charge >= 0.3 is 5.97 Å². The molecule has 0 saturated carbocycles. The van der Waals surface area contributed by atoms with Crippen molar-refractivity contribution >= 4 is 18.0 Å². The van der Waals surface area contributed by atoms with Gasteiger partial charge in [-0.2, -0.15) is 0 Å². The maximum absolute atomic E-state index is 11.3. The van der Waals surface area contributed by atoms with E-state index >= 15 is 0 Å². The van der Waals surface area contributed by atoms with Gasteiger partial charge in [-0.3, -0.25) is 0 Å². The minimum atomic E-state index is -1.31. The van der Waals surface area contributed by atoms with Gasteiger partial charge in [0.25, 0.3) is 0 Å². The van der Waals surface area contributed by atoms with E-state index in [2.05, 4.69) is 4.74 Å². The molecule has 0 aliphatic carbocycles. The molecule has 0 N–H and O–H groups in total. The van der Waals surface area contributed by atoms with E-state index in [4.69, 9.17) is 0 Å². The third kappa shape index (κ3) is 3.57. The molecule has 1 aromatic carbocycles. The number of ether oxygens (including phenoxy) is 1. The second-order valence-corrected chi connectivity index (χ2v) is 3.12. The van der Waals surface area contributed by atoms with Crippen LogP contribution in [0.3, 0.4) is 0 Å². The summed E-state index contributed by atoms with van der Waals surface area (Å²) in [4.78, 5) is 21.7. The molecule has 0 saturated heterocycles. The Morgan fingerprint density at radius 3 is 2.44 bits per heavy atom. The minimum Gasteiger partial charge on any atom is -0.550 e. The van der Waals surface area contributed by atoms with Gasteiger partial charge in [0.05, 0.1) is 7.11 Å². The van der Waals surface area contributed by atoms with Crippen molar-refractivity contribution < 1.29 is 19.4 Å². The van der Waals surface area contributed by atoms with E-state index < -0.39 is 18.4 Å². The SMILES string of the molecule is COC(=O)C(=Cc1ccccc1)CC(=O)[O-]. The quantitative estimate of drug-likeness (QED) is 0.542. The number of carboxylic acids is 1. The monoisotopic (exact) mass is 219 g/mol. The van der Waals surface area contributed by atoms with Crippen LogP contribution in [0.1, 0.15) is 12.0 Å². The van der Waals surface area contributed by atoms with Gasteiger partial charge in [-0.25, -0.2) is 4.79 Å². The lowest BCUT2D eigenvalue weighted by Crippen LogP contribution is -2.24. The van der Waals surface area contributed by atoms with Crippen LogP contribution in [0.15, 0.2) is 35.9 Å². The van der Waals surface area contributed by atoms with Crippen molar-refractivity contribution in [3.05, 3.63) is 41.5 Å². The van der Waals surface area contributed by atoms with Crippen LogP contribution >= 0.6 is 0 Å². The summed E-state index contributed by atoms with van der Waals surface area (Å²) >= 11 is 0. The Bertz CT molecular complexity index is 406. The molecule has 0 unspecified atom stereocenters. The largest absolute Gasteiger partial charge is 0.550 e. The summed E-state index contributed by atoms with van der Waals surface area (Å²) in [6.07, 6.45) is 1.02. The Morgan fingerprint density at radius 2 is 1.94 bits per heavy atom. The number of carboxylic acid groups (broad SMARTS) is 1.